The third-order valence-electron chi connectivity index (χ3n) is 3.19. The Morgan fingerprint density at radius 3 is 2.67 bits per heavy atom. The molecular formula is C13H20O2. The van der Waals surface area contributed by atoms with Gasteiger partial charge in [0.1, 0.15) is 5.60 Å². The first-order chi connectivity index (χ1) is 7.10. The molecule has 0 aromatic carbocycles. The van der Waals surface area contributed by atoms with Gasteiger partial charge in [-0.1, -0.05) is 19.4 Å². The van der Waals surface area contributed by atoms with E-state index in [-0.39, 0.29) is 5.78 Å². The van der Waals surface area contributed by atoms with E-state index < -0.39 is 5.60 Å². The number of ketones is 1. The van der Waals surface area contributed by atoms with Crippen LogP contribution in [0.4, 0.5) is 0 Å². The number of carbonyl (C=O) groups is 1. The molecule has 84 valence electrons. The summed E-state index contributed by atoms with van der Waals surface area (Å²) in [6.07, 6.45) is 6.80. The predicted octanol–water partition coefficient (Wildman–Crippen LogP) is 3.04. The molecule has 0 spiro atoms. The average molecular weight is 208 g/mol. The van der Waals surface area contributed by atoms with Crippen molar-refractivity contribution in [1.29, 1.82) is 0 Å². The minimum absolute atomic E-state index is 0.105. The average Bonchev–Trinajstić information content (AvgIpc) is 2.47. The van der Waals surface area contributed by atoms with Gasteiger partial charge in [-0.3, -0.25) is 4.79 Å². The van der Waals surface area contributed by atoms with Gasteiger partial charge in [0.15, 0.2) is 5.78 Å². The van der Waals surface area contributed by atoms with Crippen molar-refractivity contribution in [2.75, 3.05) is 7.11 Å². The Balaban J connectivity index is 2.96. The monoisotopic (exact) mass is 208 g/mol. The van der Waals surface area contributed by atoms with Crippen LogP contribution >= 0.6 is 0 Å². The van der Waals surface area contributed by atoms with E-state index in [1.165, 1.54) is 0 Å². The molecule has 0 bridgehead atoms. The van der Waals surface area contributed by atoms with Crippen molar-refractivity contribution in [3.63, 3.8) is 0 Å². The number of methoxy groups -OCH3 is 1. The fourth-order valence-electron chi connectivity index (χ4n) is 2.12. The summed E-state index contributed by atoms with van der Waals surface area (Å²) in [5, 5.41) is 0. The van der Waals surface area contributed by atoms with E-state index in [4.69, 9.17) is 4.74 Å². The van der Waals surface area contributed by atoms with Crippen LogP contribution in [0.5, 0.6) is 0 Å². The number of hydrogen-bond acceptors (Lipinski definition) is 2. The number of hydrogen-bond donors (Lipinski definition) is 0. The van der Waals surface area contributed by atoms with Gasteiger partial charge in [0.05, 0.1) is 0 Å². The standard InChI is InChI=1S/C13H20O2/c1-5-7-8-10-9-12(14)11(6-2)13(10,3)15-4/h6,9H,5,7-8H2,1-4H3. The predicted molar refractivity (Wildman–Crippen MR) is 61.8 cm³/mol. The van der Waals surface area contributed by atoms with E-state index in [0.29, 0.717) is 0 Å². The van der Waals surface area contributed by atoms with Crippen LogP contribution in [0.15, 0.2) is 23.3 Å². The second-order valence-corrected chi connectivity index (χ2v) is 4.08. The second kappa shape index (κ2) is 4.75. The largest absolute Gasteiger partial charge is 0.369 e. The van der Waals surface area contributed by atoms with Crippen LogP contribution in [0.25, 0.3) is 0 Å². The highest BCUT2D eigenvalue weighted by molar-refractivity contribution is 6.10. The van der Waals surface area contributed by atoms with Crippen LogP contribution in [0.1, 0.15) is 40.0 Å². The maximum absolute atomic E-state index is 11.7. The molecule has 0 aliphatic heterocycles. The highest BCUT2D eigenvalue weighted by Crippen LogP contribution is 2.38. The number of carbonyl (C=O) groups excluding carboxylic acids is 1. The second-order valence-electron chi connectivity index (χ2n) is 4.08. The molecule has 1 atom stereocenters. The lowest BCUT2D eigenvalue weighted by atomic mass is 9.89. The Morgan fingerprint density at radius 1 is 1.53 bits per heavy atom. The van der Waals surface area contributed by atoms with Crippen LogP contribution in [0.2, 0.25) is 0 Å². The van der Waals surface area contributed by atoms with E-state index >= 15 is 0 Å². The molecule has 15 heavy (non-hydrogen) atoms. The van der Waals surface area contributed by atoms with Gasteiger partial charge in [0.2, 0.25) is 0 Å². The Labute approximate surface area is 92.0 Å². The summed E-state index contributed by atoms with van der Waals surface area (Å²) >= 11 is 0. The molecule has 0 saturated heterocycles. The van der Waals surface area contributed by atoms with E-state index in [0.717, 1.165) is 30.4 Å². The van der Waals surface area contributed by atoms with Crippen LogP contribution in [-0.2, 0) is 9.53 Å². The first-order valence-corrected chi connectivity index (χ1v) is 5.57. The molecule has 2 heteroatoms. The SMILES string of the molecule is CC=C1C(=O)C=C(CCCC)C1(C)OC. The number of rotatable bonds is 4. The molecule has 0 aromatic rings. The lowest BCUT2D eigenvalue weighted by molar-refractivity contribution is -0.112. The third kappa shape index (κ3) is 2.05. The summed E-state index contributed by atoms with van der Waals surface area (Å²) < 4.78 is 5.52. The van der Waals surface area contributed by atoms with Crippen LogP contribution in [0, 0.1) is 0 Å². The fraction of sp³-hybridized carbons (Fsp3) is 0.615. The zero-order chi connectivity index (χ0) is 11.5. The van der Waals surface area contributed by atoms with Crippen LogP contribution in [-0.4, -0.2) is 18.5 Å². The van der Waals surface area contributed by atoms with Crippen molar-refractivity contribution in [2.24, 2.45) is 0 Å². The molecule has 0 saturated carbocycles. The molecule has 2 nitrogen and oxygen atoms in total. The Morgan fingerprint density at radius 2 is 2.20 bits per heavy atom. The van der Waals surface area contributed by atoms with Crippen molar-refractivity contribution in [1.82, 2.24) is 0 Å². The summed E-state index contributed by atoms with van der Waals surface area (Å²) in [4.78, 5) is 11.7. The minimum Gasteiger partial charge on any atom is -0.369 e. The van der Waals surface area contributed by atoms with Gasteiger partial charge in [-0.05, 0) is 38.3 Å². The molecular weight excluding hydrogens is 188 g/mol. The van der Waals surface area contributed by atoms with Gasteiger partial charge in [-0.15, -0.1) is 0 Å². The molecule has 0 radical (unpaired) electrons. The van der Waals surface area contributed by atoms with Gasteiger partial charge in [-0.25, -0.2) is 0 Å². The Kier molecular flexibility index (Phi) is 3.86. The van der Waals surface area contributed by atoms with E-state index in [2.05, 4.69) is 6.92 Å². The number of ether oxygens (including phenoxy) is 1. The summed E-state index contributed by atoms with van der Waals surface area (Å²) in [5.41, 5.74) is 1.40. The van der Waals surface area contributed by atoms with Gasteiger partial charge in [-0.2, -0.15) is 0 Å². The van der Waals surface area contributed by atoms with Gasteiger partial charge >= 0.3 is 0 Å². The molecule has 0 aromatic heterocycles. The highest BCUT2D eigenvalue weighted by Gasteiger charge is 2.40. The molecule has 1 unspecified atom stereocenters. The molecule has 0 N–H and O–H groups in total. The topological polar surface area (TPSA) is 26.3 Å². The van der Waals surface area contributed by atoms with E-state index in [9.17, 15) is 4.79 Å². The molecule has 1 rings (SSSR count). The smallest absolute Gasteiger partial charge is 0.184 e. The van der Waals surface area contributed by atoms with Crippen molar-refractivity contribution in [3.05, 3.63) is 23.3 Å². The van der Waals surface area contributed by atoms with Crippen LogP contribution < -0.4 is 0 Å². The zero-order valence-electron chi connectivity index (χ0n) is 10.1. The lowest BCUT2D eigenvalue weighted by Crippen LogP contribution is -2.30. The van der Waals surface area contributed by atoms with Crippen molar-refractivity contribution in [3.8, 4) is 0 Å². The molecule has 1 aliphatic rings. The van der Waals surface area contributed by atoms with Gasteiger partial charge < -0.3 is 4.74 Å². The van der Waals surface area contributed by atoms with Crippen molar-refractivity contribution >= 4 is 5.78 Å². The summed E-state index contributed by atoms with van der Waals surface area (Å²) in [7, 11) is 1.67. The highest BCUT2D eigenvalue weighted by atomic mass is 16.5. The summed E-state index contributed by atoms with van der Waals surface area (Å²) in [5.74, 6) is 0.105. The summed E-state index contributed by atoms with van der Waals surface area (Å²) in [6.45, 7) is 6.02. The minimum atomic E-state index is -0.485. The van der Waals surface area contributed by atoms with Gasteiger partial charge in [0.25, 0.3) is 0 Å². The Bertz CT molecular complexity index is 312. The number of allylic oxidation sites excluding steroid dienone is 2. The number of unbranched alkanes of at least 4 members (excludes halogenated alkanes) is 1. The Hall–Kier alpha value is -0.890. The third-order valence-corrected chi connectivity index (χ3v) is 3.19. The quantitative estimate of drug-likeness (QED) is 0.664. The first kappa shape index (κ1) is 12.2. The molecule has 0 amide bonds. The molecule has 0 heterocycles. The summed E-state index contributed by atoms with van der Waals surface area (Å²) in [6, 6.07) is 0. The molecule has 0 fully saturated rings. The van der Waals surface area contributed by atoms with Crippen LogP contribution in [0.3, 0.4) is 0 Å². The zero-order valence-corrected chi connectivity index (χ0v) is 10.1. The maximum atomic E-state index is 11.7. The van der Waals surface area contributed by atoms with Crippen molar-refractivity contribution in [2.45, 2.75) is 45.6 Å². The molecule has 1 aliphatic carbocycles. The normalized spacial score (nSPS) is 28.7. The first-order valence-electron chi connectivity index (χ1n) is 5.57. The lowest BCUT2D eigenvalue weighted by Gasteiger charge is -2.27. The fourth-order valence-corrected chi connectivity index (χ4v) is 2.12. The van der Waals surface area contributed by atoms with E-state index in [1.54, 1.807) is 13.2 Å². The maximum Gasteiger partial charge on any atom is 0.184 e. The van der Waals surface area contributed by atoms with E-state index in [1.807, 2.05) is 19.9 Å². The van der Waals surface area contributed by atoms with Gasteiger partial charge in [0, 0.05) is 12.7 Å². The van der Waals surface area contributed by atoms with Crippen molar-refractivity contribution < 1.29 is 9.53 Å².